The molecule has 5 nitrogen and oxygen atoms in total. The third-order valence-corrected chi connectivity index (χ3v) is 1.88. The van der Waals surface area contributed by atoms with Crippen molar-refractivity contribution in [1.29, 1.82) is 0 Å². The highest BCUT2D eigenvalue weighted by Gasteiger charge is 2.05. The van der Waals surface area contributed by atoms with Crippen LogP contribution >= 0.6 is 0 Å². The molecule has 0 aliphatic carbocycles. The van der Waals surface area contributed by atoms with Gasteiger partial charge in [0.15, 0.2) is 0 Å². The van der Waals surface area contributed by atoms with E-state index in [-0.39, 0.29) is 19.0 Å². The van der Waals surface area contributed by atoms with E-state index < -0.39 is 5.97 Å². The van der Waals surface area contributed by atoms with Crippen LogP contribution in [0.25, 0.3) is 0 Å². The fourth-order valence-electron chi connectivity index (χ4n) is 0.717. The molecule has 0 saturated carbocycles. The summed E-state index contributed by atoms with van der Waals surface area (Å²) >= 11 is 0. The average molecular weight is 202 g/mol. The van der Waals surface area contributed by atoms with Gasteiger partial charge < -0.3 is 15.4 Å². The topological polar surface area (TPSA) is 67.4 Å². The molecule has 2 N–H and O–H groups in total. The van der Waals surface area contributed by atoms with Crippen molar-refractivity contribution < 1.29 is 14.3 Å². The Bertz CT molecular complexity index is 194. The summed E-state index contributed by atoms with van der Waals surface area (Å²) in [6.45, 7) is 4.18. The predicted molar refractivity (Wildman–Crippen MR) is 52.8 cm³/mol. The smallest absolute Gasteiger partial charge is 0.325 e. The van der Waals surface area contributed by atoms with E-state index in [9.17, 15) is 9.59 Å². The van der Waals surface area contributed by atoms with Gasteiger partial charge in [0.05, 0.1) is 13.7 Å². The molecule has 0 saturated heterocycles. The maximum atomic E-state index is 11.1. The van der Waals surface area contributed by atoms with E-state index in [0.29, 0.717) is 6.04 Å². The van der Waals surface area contributed by atoms with E-state index >= 15 is 0 Å². The standard InChI is InChI=1S/C9H18N2O3/c1-4-7(2)10-5-8(12)11-6-9(13)14-3/h7,10H,4-6H2,1-3H3,(H,11,12). The summed E-state index contributed by atoms with van der Waals surface area (Å²) in [5, 5.41) is 5.45. The van der Waals surface area contributed by atoms with Gasteiger partial charge in [-0.1, -0.05) is 6.92 Å². The van der Waals surface area contributed by atoms with E-state index in [0.717, 1.165) is 6.42 Å². The molecule has 0 aromatic rings. The van der Waals surface area contributed by atoms with Crippen LogP contribution in [-0.2, 0) is 14.3 Å². The zero-order chi connectivity index (χ0) is 11.0. The molecule has 0 rings (SSSR count). The van der Waals surface area contributed by atoms with Gasteiger partial charge in [0.1, 0.15) is 6.54 Å². The molecule has 0 heterocycles. The summed E-state index contributed by atoms with van der Waals surface area (Å²) < 4.78 is 4.37. The molecule has 0 bridgehead atoms. The largest absolute Gasteiger partial charge is 0.468 e. The Hall–Kier alpha value is -1.10. The lowest BCUT2D eigenvalue weighted by atomic mass is 10.2. The van der Waals surface area contributed by atoms with Crippen molar-refractivity contribution in [3.8, 4) is 0 Å². The lowest BCUT2D eigenvalue weighted by molar-refractivity contribution is -0.141. The number of methoxy groups -OCH3 is 1. The van der Waals surface area contributed by atoms with Crippen LogP contribution < -0.4 is 10.6 Å². The summed E-state index contributed by atoms with van der Waals surface area (Å²) in [5.74, 6) is -0.641. The molecule has 0 aromatic carbocycles. The Morgan fingerprint density at radius 2 is 2.00 bits per heavy atom. The first kappa shape index (κ1) is 12.9. The summed E-state index contributed by atoms with van der Waals surface area (Å²) in [4.78, 5) is 21.8. The number of ether oxygens (including phenoxy) is 1. The van der Waals surface area contributed by atoms with Crippen molar-refractivity contribution in [2.24, 2.45) is 0 Å². The van der Waals surface area contributed by atoms with Gasteiger partial charge in [0.2, 0.25) is 5.91 Å². The monoisotopic (exact) mass is 202 g/mol. The minimum atomic E-state index is -0.443. The number of carbonyl (C=O) groups excluding carboxylic acids is 2. The van der Waals surface area contributed by atoms with E-state index in [4.69, 9.17) is 0 Å². The van der Waals surface area contributed by atoms with Crippen molar-refractivity contribution in [1.82, 2.24) is 10.6 Å². The van der Waals surface area contributed by atoms with Crippen molar-refractivity contribution in [3.63, 3.8) is 0 Å². The molecule has 0 aromatic heterocycles. The van der Waals surface area contributed by atoms with Crippen molar-refractivity contribution in [2.45, 2.75) is 26.3 Å². The number of esters is 1. The number of amides is 1. The highest BCUT2D eigenvalue weighted by Crippen LogP contribution is 1.85. The molecular formula is C9H18N2O3. The van der Waals surface area contributed by atoms with Crippen LogP contribution in [0, 0.1) is 0 Å². The second kappa shape index (κ2) is 7.32. The molecular weight excluding hydrogens is 184 g/mol. The third kappa shape index (κ3) is 6.42. The molecule has 0 aliphatic heterocycles. The van der Waals surface area contributed by atoms with Crippen molar-refractivity contribution in [3.05, 3.63) is 0 Å². The normalized spacial score (nSPS) is 11.9. The van der Waals surface area contributed by atoms with E-state index in [2.05, 4.69) is 15.4 Å². The molecule has 0 radical (unpaired) electrons. The van der Waals surface area contributed by atoms with Crippen LogP contribution in [0.4, 0.5) is 0 Å². The number of hydrogen-bond donors (Lipinski definition) is 2. The lowest BCUT2D eigenvalue weighted by Crippen LogP contribution is -2.39. The summed E-state index contributed by atoms with van der Waals surface area (Å²) in [5.41, 5.74) is 0. The maximum Gasteiger partial charge on any atom is 0.325 e. The van der Waals surface area contributed by atoms with Gasteiger partial charge in [-0.25, -0.2) is 0 Å². The second-order valence-electron chi connectivity index (χ2n) is 3.04. The molecule has 0 fully saturated rings. The fourth-order valence-corrected chi connectivity index (χ4v) is 0.717. The Labute approximate surface area is 84.2 Å². The Kier molecular flexibility index (Phi) is 6.74. The number of hydrogen-bond acceptors (Lipinski definition) is 4. The fraction of sp³-hybridized carbons (Fsp3) is 0.778. The van der Waals surface area contributed by atoms with E-state index in [1.165, 1.54) is 7.11 Å². The molecule has 5 heteroatoms. The van der Waals surface area contributed by atoms with E-state index in [1.54, 1.807) is 0 Å². The number of carbonyl (C=O) groups is 2. The zero-order valence-electron chi connectivity index (χ0n) is 8.92. The van der Waals surface area contributed by atoms with Crippen LogP contribution in [0.15, 0.2) is 0 Å². The van der Waals surface area contributed by atoms with Crippen molar-refractivity contribution in [2.75, 3.05) is 20.2 Å². The number of rotatable bonds is 6. The molecule has 82 valence electrons. The van der Waals surface area contributed by atoms with Gasteiger partial charge in [-0.3, -0.25) is 9.59 Å². The Morgan fingerprint density at radius 3 is 2.50 bits per heavy atom. The minimum Gasteiger partial charge on any atom is -0.468 e. The molecule has 1 unspecified atom stereocenters. The highest BCUT2D eigenvalue weighted by atomic mass is 16.5. The summed E-state index contributed by atoms with van der Waals surface area (Å²) in [7, 11) is 1.28. The van der Waals surface area contributed by atoms with E-state index in [1.807, 2.05) is 13.8 Å². The Morgan fingerprint density at radius 1 is 1.36 bits per heavy atom. The summed E-state index contributed by atoms with van der Waals surface area (Å²) in [6.07, 6.45) is 0.963. The molecule has 14 heavy (non-hydrogen) atoms. The SMILES string of the molecule is CCC(C)NCC(=O)NCC(=O)OC. The van der Waals surface area contributed by atoms with Crippen LogP contribution in [-0.4, -0.2) is 38.1 Å². The Balaban J connectivity index is 3.51. The first-order valence-corrected chi connectivity index (χ1v) is 4.67. The van der Waals surface area contributed by atoms with Crippen LogP contribution in [0.1, 0.15) is 20.3 Å². The molecule has 0 aliphatic rings. The van der Waals surface area contributed by atoms with Crippen molar-refractivity contribution >= 4 is 11.9 Å². The first-order valence-electron chi connectivity index (χ1n) is 4.67. The first-order chi connectivity index (χ1) is 6.60. The number of nitrogens with one attached hydrogen (secondary N) is 2. The molecule has 1 atom stereocenters. The van der Waals surface area contributed by atoms with Gasteiger partial charge in [-0.2, -0.15) is 0 Å². The molecule has 1 amide bonds. The second-order valence-corrected chi connectivity index (χ2v) is 3.04. The van der Waals surface area contributed by atoms with Gasteiger partial charge in [-0.05, 0) is 13.3 Å². The van der Waals surface area contributed by atoms with Gasteiger partial charge >= 0.3 is 5.97 Å². The van der Waals surface area contributed by atoms with Gasteiger partial charge in [0.25, 0.3) is 0 Å². The van der Waals surface area contributed by atoms with Crippen LogP contribution in [0.2, 0.25) is 0 Å². The van der Waals surface area contributed by atoms with Crippen LogP contribution in [0.3, 0.4) is 0 Å². The third-order valence-electron chi connectivity index (χ3n) is 1.88. The van der Waals surface area contributed by atoms with Gasteiger partial charge in [-0.15, -0.1) is 0 Å². The quantitative estimate of drug-likeness (QED) is 0.578. The minimum absolute atomic E-state index is 0.0719. The van der Waals surface area contributed by atoms with Crippen LogP contribution in [0.5, 0.6) is 0 Å². The lowest BCUT2D eigenvalue weighted by Gasteiger charge is -2.10. The molecule has 0 spiro atoms. The zero-order valence-corrected chi connectivity index (χ0v) is 8.92. The summed E-state index contributed by atoms with van der Waals surface area (Å²) in [6, 6.07) is 0.305. The van der Waals surface area contributed by atoms with Gasteiger partial charge in [0, 0.05) is 6.04 Å². The average Bonchev–Trinajstić information content (AvgIpc) is 2.22. The predicted octanol–water partition coefficient (Wildman–Crippen LogP) is -0.336. The maximum absolute atomic E-state index is 11.1. The highest BCUT2D eigenvalue weighted by molar-refractivity contribution is 5.83.